The maximum Gasteiger partial charge on any atom is 0.124 e. The molecule has 1 saturated heterocycles. The van der Waals surface area contributed by atoms with Crippen LogP contribution in [0.1, 0.15) is 24.4 Å². The van der Waals surface area contributed by atoms with E-state index in [0.29, 0.717) is 6.04 Å². The molecule has 1 N–H and O–H groups in total. The number of nitrogens with one attached hydrogen (secondary N) is 1. The van der Waals surface area contributed by atoms with Crippen molar-refractivity contribution in [2.45, 2.75) is 18.9 Å². The molecule has 3 heteroatoms. The van der Waals surface area contributed by atoms with Crippen LogP contribution in [-0.2, 0) is 0 Å². The first-order valence-corrected chi connectivity index (χ1v) is 5.67. The maximum atomic E-state index is 5.37. The highest BCUT2D eigenvalue weighted by Gasteiger charge is 2.19. The smallest absolute Gasteiger partial charge is 0.124 e. The first-order chi connectivity index (χ1) is 6.81. The van der Waals surface area contributed by atoms with Crippen molar-refractivity contribution in [3.8, 4) is 5.75 Å². The van der Waals surface area contributed by atoms with Crippen LogP contribution in [0.2, 0.25) is 0 Å². The van der Waals surface area contributed by atoms with E-state index >= 15 is 0 Å². The van der Waals surface area contributed by atoms with E-state index in [1.54, 1.807) is 7.11 Å². The van der Waals surface area contributed by atoms with Gasteiger partial charge in [0.1, 0.15) is 5.75 Å². The molecule has 1 unspecified atom stereocenters. The Kier molecular flexibility index (Phi) is 3.08. The van der Waals surface area contributed by atoms with Crippen molar-refractivity contribution in [2.24, 2.45) is 0 Å². The van der Waals surface area contributed by atoms with Crippen molar-refractivity contribution >= 4 is 15.9 Å². The van der Waals surface area contributed by atoms with Crippen LogP contribution < -0.4 is 10.1 Å². The van der Waals surface area contributed by atoms with Gasteiger partial charge in [-0.15, -0.1) is 0 Å². The maximum absolute atomic E-state index is 5.37. The second-order valence-corrected chi connectivity index (χ2v) is 4.45. The standard InChI is InChI=1S/C11H14BrNO/c1-14-11-7-8(12)4-5-9(11)10-3-2-6-13-10/h4-5,7,10,13H,2-3,6H2,1H3. The van der Waals surface area contributed by atoms with Crippen molar-refractivity contribution < 1.29 is 4.74 Å². The Hall–Kier alpha value is -0.540. The van der Waals surface area contributed by atoms with Gasteiger partial charge in [0.05, 0.1) is 7.11 Å². The number of benzene rings is 1. The van der Waals surface area contributed by atoms with Crippen molar-refractivity contribution in [1.29, 1.82) is 0 Å². The van der Waals surface area contributed by atoms with Crippen molar-refractivity contribution in [1.82, 2.24) is 5.32 Å². The molecule has 1 fully saturated rings. The van der Waals surface area contributed by atoms with Gasteiger partial charge < -0.3 is 10.1 Å². The van der Waals surface area contributed by atoms with Gasteiger partial charge >= 0.3 is 0 Å². The largest absolute Gasteiger partial charge is 0.496 e. The Morgan fingerprint density at radius 3 is 3.00 bits per heavy atom. The summed E-state index contributed by atoms with van der Waals surface area (Å²) in [6.07, 6.45) is 2.46. The Morgan fingerprint density at radius 1 is 1.50 bits per heavy atom. The fourth-order valence-electron chi connectivity index (χ4n) is 1.92. The molecule has 0 bridgehead atoms. The number of methoxy groups -OCH3 is 1. The topological polar surface area (TPSA) is 21.3 Å². The number of ether oxygens (including phenoxy) is 1. The minimum absolute atomic E-state index is 0.470. The molecule has 0 amide bonds. The van der Waals surface area contributed by atoms with Crippen LogP contribution >= 0.6 is 15.9 Å². The van der Waals surface area contributed by atoms with Crippen LogP contribution in [-0.4, -0.2) is 13.7 Å². The molecule has 0 spiro atoms. The molecule has 1 aliphatic heterocycles. The lowest BCUT2D eigenvalue weighted by molar-refractivity contribution is 0.403. The van der Waals surface area contributed by atoms with Crippen LogP contribution in [0.4, 0.5) is 0 Å². The minimum atomic E-state index is 0.470. The van der Waals surface area contributed by atoms with E-state index < -0.39 is 0 Å². The normalized spacial score (nSPS) is 21.1. The van der Waals surface area contributed by atoms with Crippen LogP contribution in [0.15, 0.2) is 22.7 Å². The molecular weight excluding hydrogens is 242 g/mol. The third kappa shape index (κ3) is 1.93. The zero-order valence-corrected chi connectivity index (χ0v) is 9.80. The molecule has 0 aromatic heterocycles. The lowest BCUT2D eigenvalue weighted by Gasteiger charge is -2.15. The van der Waals surface area contributed by atoms with Gasteiger partial charge in [0.15, 0.2) is 0 Å². The fourth-order valence-corrected chi connectivity index (χ4v) is 2.26. The van der Waals surface area contributed by atoms with Gasteiger partial charge in [0.25, 0.3) is 0 Å². The summed E-state index contributed by atoms with van der Waals surface area (Å²) in [5.41, 5.74) is 1.27. The molecule has 0 radical (unpaired) electrons. The van der Waals surface area contributed by atoms with Crippen LogP contribution in [0.5, 0.6) is 5.75 Å². The molecule has 0 saturated carbocycles. The third-order valence-electron chi connectivity index (χ3n) is 2.63. The Labute approximate surface area is 92.8 Å². The monoisotopic (exact) mass is 255 g/mol. The average Bonchev–Trinajstić information content (AvgIpc) is 2.70. The zero-order chi connectivity index (χ0) is 9.97. The quantitative estimate of drug-likeness (QED) is 0.878. The Bertz CT molecular complexity index is 321. The predicted octanol–water partition coefficient (Wildman–Crippen LogP) is 2.88. The molecule has 2 rings (SSSR count). The second kappa shape index (κ2) is 4.32. The fraction of sp³-hybridized carbons (Fsp3) is 0.455. The van der Waals surface area contributed by atoms with E-state index in [2.05, 4.69) is 33.4 Å². The lowest BCUT2D eigenvalue weighted by Crippen LogP contribution is -2.13. The van der Waals surface area contributed by atoms with Crippen molar-refractivity contribution in [3.05, 3.63) is 28.2 Å². The highest BCUT2D eigenvalue weighted by atomic mass is 79.9. The van der Waals surface area contributed by atoms with E-state index in [4.69, 9.17) is 4.74 Å². The summed E-state index contributed by atoms with van der Waals surface area (Å²) < 4.78 is 6.43. The molecule has 1 aromatic carbocycles. The highest BCUT2D eigenvalue weighted by molar-refractivity contribution is 9.10. The van der Waals surface area contributed by atoms with Crippen LogP contribution in [0, 0.1) is 0 Å². The van der Waals surface area contributed by atoms with E-state index in [1.165, 1.54) is 18.4 Å². The molecule has 1 aliphatic rings. The van der Waals surface area contributed by atoms with Crippen LogP contribution in [0.3, 0.4) is 0 Å². The molecule has 2 nitrogen and oxygen atoms in total. The summed E-state index contributed by atoms with van der Waals surface area (Å²) in [6.45, 7) is 1.11. The summed E-state index contributed by atoms with van der Waals surface area (Å²) in [4.78, 5) is 0. The Balaban J connectivity index is 2.31. The summed E-state index contributed by atoms with van der Waals surface area (Å²) in [5, 5.41) is 3.47. The zero-order valence-electron chi connectivity index (χ0n) is 8.22. The van der Waals surface area contributed by atoms with Gasteiger partial charge in [-0.3, -0.25) is 0 Å². The number of hydrogen-bond acceptors (Lipinski definition) is 2. The lowest BCUT2D eigenvalue weighted by atomic mass is 10.0. The molecule has 0 aliphatic carbocycles. The molecule has 14 heavy (non-hydrogen) atoms. The van der Waals surface area contributed by atoms with Gasteiger partial charge in [0, 0.05) is 16.1 Å². The van der Waals surface area contributed by atoms with Gasteiger partial charge in [-0.2, -0.15) is 0 Å². The molecule has 1 atom stereocenters. The predicted molar refractivity (Wildman–Crippen MR) is 60.7 cm³/mol. The van der Waals surface area contributed by atoms with E-state index in [9.17, 15) is 0 Å². The highest BCUT2D eigenvalue weighted by Crippen LogP contribution is 2.32. The SMILES string of the molecule is COc1cc(Br)ccc1C1CCCN1. The summed E-state index contributed by atoms with van der Waals surface area (Å²) in [7, 11) is 1.72. The Morgan fingerprint density at radius 2 is 2.36 bits per heavy atom. The summed E-state index contributed by atoms with van der Waals surface area (Å²) in [5.74, 6) is 0.971. The van der Waals surface area contributed by atoms with Gasteiger partial charge in [0.2, 0.25) is 0 Å². The number of halogens is 1. The van der Waals surface area contributed by atoms with Gasteiger partial charge in [-0.05, 0) is 31.5 Å². The molecule has 76 valence electrons. The van der Waals surface area contributed by atoms with Crippen LogP contribution in [0.25, 0.3) is 0 Å². The van der Waals surface area contributed by atoms with Crippen molar-refractivity contribution in [2.75, 3.05) is 13.7 Å². The average molecular weight is 256 g/mol. The number of hydrogen-bond donors (Lipinski definition) is 1. The van der Waals surface area contributed by atoms with E-state index in [0.717, 1.165) is 16.8 Å². The first kappa shape index (κ1) is 9.99. The first-order valence-electron chi connectivity index (χ1n) is 4.88. The van der Waals surface area contributed by atoms with Gasteiger partial charge in [-0.25, -0.2) is 0 Å². The molecular formula is C11H14BrNO. The molecule has 1 heterocycles. The summed E-state index contributed by atoms with van der Waals surface area (Å²) in [6, 6.07) is 6.69. The van der Waals surface area contributed by atoms with Gasteiger partial charge in [-0.1, -0.05) is 22.0 Å². The van der Waals surface area contributed by atoms with E-state index in [1.807, 2.05) is 6.07 Å². The third-order valence-corrected chi connectivity index (χ3v) is 3.12. The summed E-state index contributed by atoms with van der Waals surface area (Å²) >= 11 is 3.45. The number of rotatable bonds is 2. The molecule has 1 aromatic rings. The van der Waals surface area contributed by atoms with E-state index in [-0.39, 0.29) is 0 Å². The second-order valence-electron chi connectivity index (χ2n) is 3.54. The van der Waals surface area contributed by atoms with Crippen molar-refractivity contribution in [3.63, 3.8) is 0 Å². The minimum Gasteiger partial charge on any atom is -0.496 e.